The summed E-state index contributed by atoms with van der Waals surface area (Å²) in [6.07, 6.45) is 2.33. The second-order valence-corrected chi connectivity index (χ2v) is 7.79. The number of urea groups is 1. The van der Waals surface area contributed by atoms with Crippen LogP contribution in [0.4, 0.5) is 4.79 Å². The van der Waals surface area contributed by atoms with Crippen molar-refractivity contribution in [2.24, 2.45) is 0 Å². The number of carbonyl (C=O) groups is 3. The molecule has 1 saturated carbocycles. The lowest BCUT2D eigenvalue weighted by molar-refractivity contribution is -0.127. The lowest BCUT2D eigenvalue weighted by atomic mass is 9.95. The van der Waals surface area contributed by atoms with Crippen LogP contribution in [0.2, 0.25) is 5.02 Å². The fourth-order valence-electron chi connectivity index (χ4n) is 3.73. The van der Waals surface area contributed by atoms with Crippen LogP contribution in [0.1, 0.15) is 37.8 Å². The van der Waals surface area contributed by atoms with Crippen molar-refractivity contribution in [3.05, 3.63) is 46.1 Å². The third-order valence-electron chi connectivity index (χ3n) is 5.37. The highest BCUT2D eigenvalue weighted by molar-refractivity contribution is 6.30. The molecule has 8 heteroatoms. The molecular formula is C20H23ClN4O3. The van der Waals surface area contributed by atoms with E-state index < -0.39 is 6.04 Å². The number of nitrogens with one attached hydrogen (secondary N) is 2. The standard InChI is InChI=1S/C20H23ClN4O3/c1-2-25-15-11-24(10-9-16(26)22-14-7-8-14)19(27)17(15)18(23-20(25)28)12-3-5-13(21)6-4-12/h3-6,14,18H,2,7-11H2,1H3,(H,22,26)(H,23,28)/t18-/m1/s1. The molecule has 2 heterocycles. The van der Waals surface area contributed by atoms with Gasteiger partial charge < -0.3 is 15.5 Å². The quantitative estimate of drug-likeness (QED) is 0.765. The van der Waals surface area contributed by atoms with E-state index in [0.717, 1.165) is 24.1 Å². The van der Waals surface area contributed by atoms with Gasteiger partial charge in [0.25, 0.3) is 5.91 Å². The number of rotatable bonds is 6. The van der Waals surface area contributed by atoms with Gasteiger partial charge in [-0.05, 0) is 37.5 Å². The Kier molecular flexibility index (Phi) is 5.02. The first kappa shape index (κ1) is 18.8. The van der Waals surface area contributed by atoms with Crippen LogP contribution in [0.25, 0.3) is 0 Å². The van der Waals surface area contributed by atoms with E-state index in [9.17, 15) is 14.4 Å². The summed E-state index contributed by atoms with van der Waals surface area (Å²) in [4.78, 5) is 41.0. The van der Waals surface area contributed by atoms with Gasteiger partial charge in [-0.25, -0.2) is 4.79 Å². The van der Waals surface area contributed by atoms with E-state index in [1.807, 2.05) is 19.1 Å². The van der Waals surface area contributed by atoms with Gasteiger partial charge in [-0.1, -0.05) is 23.7 Å². The molecule has 3 aliphatic rings. The van der Waals surface area contributed by atoms with Gasteiger partial charge in [-0.15, -0.1) is 0 Å². The normalized spacial score (nSPS) is 21.7. The van der Waals surface area contributed by atoms with Crippen LogP contribution < -0.4 is 10.6 Å². The Morgan fingerprint density at radius 2 is 1.96 bits per heavy atom. The molecule has 28 heavy (non-hydrogen) atoms. The zero-order chi connectivity index (χ0) is 19.8. The molecule has 0 unspecified atom stereocenters. The van der Waals surface area contributed by atoms with Crippen LogP contribution >= 0.6 is 11.6 Å². The third-order valence-corrected chi connectivity index (χ3v) is 5.62. The predicted molar refractivity (Wildman–Crippen MR) is 104 cm³/mol. The number of nitrogens with zero attached hydrogens (tertiary/aromatic N) is 2. The summed E-state index contributed by atoms with van der Waals surface area (Å²) in [5.41, 5.74) is 2.10. The smallest absolute Gasteiger partial charge is 0.322 e. The molecule has 0 bridgehead atoms. The number of halogens is 1. The molecule has 1 aliphatic carbocycles. The van der Waals surface area contributed by atoms with E-state index in [-0.39, 0.29) is 24.3 Å². The lowest BCUT2D eigenvalue weighted by Gasteiger charge is -2.32. The lowest BCUT2D eigenvalue weighted by Crippen LogP contribution is -2.47. The van der Waals surface area contributed by atoms with Crippen molar-refractivity contribution in [3.8, 4) is 0 Å². The van der Waals surface area contributed by atoms with Crippen LogP contribution in [0.15, 0.2) is 35.5 Å². The van der Waals surface area contributed by atoms with Crippen molar-refractivity contribution >= 4 is 29.4 Å². The highest BCUT2D eigenvalue weighted by atomic mass is 35.5. The second-order valence-electron chi connectivity index (χ2n) is 7.36. The zero-order valence-corrected chi connectivity index (χ0v) is 16.5. The maximum Gasteiger partial charge on any atom is 0.322 e. The van der Waals surface area contributed by atoms with E-state index in [0.29, 0.717) is 36.3 Å². The van der Waals surface area contributed by atoms with Crippen molar-refractivity contribution in [3.63, 3.8) is 0 Å². The average Bonchev–Trinajstić information content (AvgIpc) is 3.42. The van der Waals surface area contributed by atoms with Gasteiger partial charge in [0, 0.05) is 30.6 Å². The molecule has 1 aromatic rings. The molecular weight excluding hydrogens is 380 g/mol. The topological polar surface area (TPSA) is 81.8 Å². The SMILES string of the molecule is CCN1C(=O)N[C@H](c2ccc(Cl)cc2)C2=C1CN(CCC(=O)NC1CC1)C2=O. The van der Waals surface area contributed by atoms with E-state index >= 15 is 0 Å². The molecule has 0 aromatic heterocycles. The monoisotopic (exact) mass is 402 g/mol. The summed E-state index contributed by atoms with van der Waals surface area (Å²) in [5.74, 6) is -0.163. The van der Waals surface area contributed by atoms with Crippen molar-refractivity contribution in [1.29, 1.82) is 0 Å². The van der Waals surface area contributed by atoms with Crippen LogP contribution in [0, 0.1) is 0 Å². The van der Waals surface area contributed by atoms with E-state index in [1.54, 1.807) is 21.9 Å². The minimum atomic E-state index is -0.514. The minimum Gasteiger partial charge on any atom is -0.353 e. The fourth-order valence-corrected chi connectivity index (χ4v) is 3.86. The van der Waals surface area contributed by atoms with Gasteiger partial charge in [0.1, 0.15) is 0 Å². The van der Waals surface area contributed by atoms with Crippen LogP contribution in [-0.2, 0) is 9.59 Å². The predicted octanol–water partition coefficient (Wildman–Crippen LogP) is 2.19. The molecule has 1 aromatic carbocycles. The Balaban J connectivity index is 1.55. The molecule has 0 spiro atoms. The van der Waals surface area contributed by atoms with Crippen LogP contribution in [0.3, 0.4) is 0 Å². The van der Waals surface area contributed by atoms with Gasteiger partial charge in [0.05, 0.1) is 23.9 Å². The van der Waals surface area contributed by atoms with Gasteiger partial charge in [0.2, 0.25) is 5.91 Å². The highest BCUT2D eigenvalue weighted by Gasteiger charge is 2.43. The third kappa shape index (κ3) is 3.58. The zero-order valence-electron chi connectivity index (χ0n) is 15.7. The molecule has 1 fully saturated rings. The first-order valence-corrected chi connectivity index (χ1v) is 10.0. The number of benzene rings is 1. The Bertz CT molecular complexity index is 848. The molecule has 4 amide bonds. The molecule has 2 N–H and O–H groups in total. The van der Waals surface area contributed by atoms with E-state index in [2.05, 4.69) is 10.6 Å². The van der Waals surface area contributed by atoms with Gasteiger partial charge in [0.15, 0.2) is 0 Å². The summed E-state index contributed by atoms with van der Waals surface area (Å²) >= 11 is 5.98. The second kappa shape index (κ2) is 7.47. The average molecular weight is 403 g/mol. The Hall–Kier alpha value is -2.54. The summed E-state index contributed by atoms with van der Waals surface area (Å²) in [5, 5.41) is 6.47. The largest absolute Gasteiger partial charge is 0.353 e. The van der Waals surface area contributed by atoms with Gasteiger partial charge in [-0.3, -0.25) is 14.5 Å². The minimum absolute atomic E-state index is 0.0315. The van der Waals surface area contributed by atoms with Crippen molar-refractivity contribution in [1.82, 2.24) is 20.4 Å². The summed E-state index contributed by atoms with van der Waals surface area (Å²) in [6, 6.07) is 6.70. The number of hydrogen-bond donors (Lipinski definition) is 2. The maximum absolute atomic E-state index is 13.1. The van der Waals surface area contributed by atoms with Crippen molar-refractivity contribution < 1.29 is 14.4 Å². The number of likely N-dealkylation sites (N-methyl/N-ethyl adjacent to an activating group) is 1. The number of carbonyl (C=O) groups excluding carboxylic acids is 3. The van der Waals surface area contributed by atoms with E-state index in [1.165, 1.54) is 0 Å². The molecule has 148 valence electrons. The van der Waals surface area contributed by atoms with Crippen molar-refractivity contribution in [2.75, 3.05) is 19.6 Å². The summed E-state index contributed by atoms with van der Waals surface area (Å²) in [6.45, 7) is 3.03. The Morgan fingerprint density at radius 3 is 2.61 bits per heavy atom. The molecule has 4 rings (SSSR count). The first-order chi connectivity index (χ1) is 13.5. The molecule has 1 atom stereocenters. The first-order valence-electron chi connectivity index (χ1n) is 9.63. The van der Waals surface area contributed by atoms with Crippen LogP contribution in [-0.4, -0.2) is 53.3 Å². The number of amides is 4. The van der Waals surface area contributed by atoms with Crippen LogP contribution in [0.5, 0.6) is 0 Å². The Morgan fingerprint density at radius 1 is 1.25 bits per heavy atom. The molecule has 7 nitrogen and oxygen atoms in total. The van der Waals surface area contributed by atoms with Gasteiger partial charge >= 0.3 is 6.03 Å². The van der Waals surface area contributed by atoms with Crippen molar-refractivity contribution in [2.45, 2.75) is 38.3 Å². The molecule has 0 saturated heterocycles. The summed E-state index contributed by atoms with van der Waals surface area (Å²) < 4.78 is 0. The molecule has 2 aliphatic heterocycles. The number of hydrogen-bond acceptors (Lipinski definition) is 3. The summed E-state index contributed by atoms with van der Waals surface area (Å²) in [7, 11) is 0. The van der Waals surface area contributed by atoms with E-state index in [4.69, 9.17) is 11.6 Å². The fraction of sp³-hybridized carbons (Fsp3) is 0.450. The van der Waals surface area contributed by atoms with Gasteiger partial charge in [-0.2, -0.15) is 0 Å². The highest BCUT2D eigenvalue weighted by Crippen LogP contribution is 2.36. The molecule has 0 radical (unpaired) electrons. The Labute approximate surface area is 168 Å². The maximum atomic E-state index is 13.1.